The lowest BCUT2D eigenvalue weighted by Gasteiger charge is -2.04. The summed E-state index contributed by atoms with van der Waals surface area (Å²) in [6.45, 7) is 3.12. The van der Waals surface area contributed by atoms with Gasteiger partial charge in [-0.25, -0.2) is 0 Å². The highest BCUT2D eigenvalue weighted by Gasteiger charge is 2.00. The molecule has 0 aromatic carbocycles. The minimum Gasteiger partial charge on any atom is -0.481 e. The molecule has 1 amide bonds. The number of hydrogen-bond donors (Lipinski definition) is 2. The molecule has 0 saturated carbocycles. The number of thioether (sulfide) groups is 1. The van der Waals surface area contributed by atoms with E-state index in [0.29, 0.717) is 18.9 Å². The molecule has 0 bridgehead atoms. The molecule has 0 aliphatic carbocycles. The van der Waals surface area contributed by atoms with Crippen molar-refractivity contribution in [3.05, 3.63) is 0 Å². The number of hydrogen-bond acceptors (Lipinski definition) is 4. The summed E-state index contributed by atoms with van der Waals surface area (Å²) in [7, 11) is 0. The molecular formula is C9H17NO4S. The van der Waals surface area contributed by atoms with Gasteiger partial charge in [0.1, 0.15) is 6.61 Å². The Morgan fingerprint density at radius 1 is 1.47 bits per heavy atom. The summed E-state index contributed by atoms with van der Waals surface area (Å²) >= 11 is 1.28. The predicted octanol–water partition coefficient (Wildman–Crippen LogP) is 0.347. The Hall–Kier alpha value is -0.750. The molecule has 0 atom stereocenters. The second-order valence-electron chi connectivity index (χ2n) is 2.85. The number of aliphatic carboxylic acids is 1. The maximum absolute atomic E-state index is 11.1. The average molecular weight is 235 g/mol. The zero-order valence-electron chi connectivity index (χ0n) is 8.82. The minimum atomic E-state index is -0.836. The number of nitrogens with one attached hydrogen (secondary N) is 1. The molecule has 88 valence electrons. The van der Waals surface area contributed by atoms with Crippen molar-refractivity contribution in [2.24, 2.45) is 0 Å². The van der Waals surface area contributed by atoms with Crippen molar-refractivity contribution in [2.75, 3.05) is 31.3 Å². The third-order valence-corrected chi connectivity index (χ3v) is 2.32. The van der Waals surface area contributed by atoms with Crippen LogP contribution in [0.15, 0.2) is 0 Å². The first-order valence-electron chi connectivity index (χ1n) is 4.80. The van der Waals surface area contributed by atoms with Crippen molar-refractivity contribution in [3.63, 3.8) is 0 Å². The van der Waals surface area contributed by atoms with Crippen molar-refractivity contribution in [2.45, 2.75) is 13.3 Å². The molecule has 0 aliphatic rings. The SMILES string of the molecule is CCCOCC(=O)NCCSCC(=O)O. The molecule has 0 saturated heterocycles. The lowest BCUT2D eigenvalue weighted by Crippen LogP contribution is -2.29. The highest BCUT2D eigenvalue weighted by molar-refractivity contribution is 7.99. The Balaban J connectivity index is 3.20. The molecule has 15 heavy (non-hydrogen) atoms. The van der Waals surface area contributed by atoms with Crippen LogP contribution in [-0.4, -0.2) is 48.2 Å². The molecule has 0 aromatic rings. The van der Waals surface area contributed by atoms with Crippen LogP contribution in [-0.2, 0) is 14.3 Å². The quantitative estimate of drug-likeness (QED) is 0.564. The number of carbonyl (C=O) groups excluding carboxylic acids is 1. The Labute approximate surface area is 93.6 Å². The summed E-state index contributed by atoms with van der Waals surface area (Å²) in [4.78, 5) is 21.2. The molecule has 6 heteroatoms. The number of carbonyl (C=O) groups is 2. The Kier molecular flexibility index (Phi) is 9.30. The largest absolute Gasteiger partial charge is 0.481 e. The molecule has 0 radical (unpaired) electrons. The summed E-state index contributed by atoms with van der Waals surface area (Å²) in [6.07, 6.45) is 0.891. The molecule has 0 fully saturated rings. The minimum absolute atomic E-state index is 0.0716. The fourth-order valence-corrected chi connectivity index (χ4v) is 1.35. The van der Waals surface area contributed by atoms with E-state index in [9.17, 15) is 9.59 Å². The molecule has 2 N–H and O–H groups in total. The van der Waals surface area contributed by atoms with Crippen LogP contribution in [0.25, 0.3) is 0 Å². The van der Waals surface area contributed by atoms with E-state index >= 15 is 0 Å². The molecule has 0 aromatic heterocycles. The van der Waals surface area contributed by atoms with Gasteiger partial charge in [-0.15, -0.1) is 11.8 Å². The van der Waals surface area contributed by atoms with E-state index in [4.69, 9.17) is 9.84 Å². The van der Waals surface area contributed by atoms with Crippen molar-refractivity contribution in [1.29, 1.82) is 0 Å². The van der Waals surface area contributed by atoms with Gasteiger partial charge in [-0.1, -0.05) is 6.92 Å². The number of ether oxygens (including phenoxy) is 1. The van der Waals surface area contributed by atoms with Gasteiger partial charge < -0.3 is 15.2 Å². The maximum atomic E-state index is 11.1. The molecule has 5 nitrogen and oxygen atoms in total. The lowest BCUT2D eigenvalue weighted by atomic mass is 10.5. The molecular weight excluding hydrogens is 218 g/mol. The number of carboxylic acids is 1. The first-order chi connectivity index (χ1) is 7.16. The van der Waals surface area contributed by atoms with Gasteiger partial charge in [0, 0.05) is 18.9 Å². The summed E-state index contributed by atoms with van der Waals surface area (Å²) in [5.41, 5.74) is 0. The first-order valence-corrected chi connectivity index (χ1v) is 5.96. The van der Waals surface area contributed by atoms with Gasteiger partial charge in [0.2, 0.25) is 5.91 Å². The van der Waals surface area contributed by atoms with E-state index in [2.05, 4.69) is 5.32 Å². The predicted molar refractivity (Wildman–Crippen MR) is 59.1 cm³/mol. The Morgan fingerprint density at radius 3 is 2.80 bits per heavy atom. The van der Waals surface area contributed by atoms with Crippen molar-refractivity contribution >= 4 is 23.6 Å². The average Bonchev–Trinajstić information content (AvgIpc) is 2.17. The third kappa shape index (κ3) is 11.2. The number of amides is 1. The van der Waals surface area contributed by atoms with Crippen molar-refractivity contribution in [3.8, 4) is 0 Å². The van der Waals surface area contributed by atoms with E-state index in [-0.39, 0.29) is 18.3 Å². The van der Waals surface area contributed by atoms with E-state index < -0.39 is 5.97 Å². The monoisotopic (exact) mass is 235 g/mol. The van der Waals surface area contributed by atoms with E-state index in [0.717, 1.165) is 6.42 Å². The second-order valence-corrected chi connectivity index (χ2v) is 3.95. The van der Waals surface area contributed by atoms with Gasteiger partial charge in [-0.2, -0.15) is 0 Å². The Bertz CT molecular complexity index is 199. The smallest absolute Gasteiger partial charge is 0.313 e. The van der Waals surface area contributed by atoms with Crippen LogP contribution in [0.5, 0.6) is 0 Å². The Morgan fingerprint density at radius 2 is 2.20 bits per heavy atom. The summed E-state index contributed by atoms with van der Waals surface area (Å²) in [6, 6.07) is 0. The van der Waals surface area contributed by atoms with Crippen LogP contribution in [0, 0.1) is 0 Å². The molecule has 0 unspecified atom stereocenters. The summed E-state index contributed by atoms with van der Waals surface area (Å²) in [5.74, 6) is -0.314. The van der Waals surface area contributed by atoms with E-state index in [1.165, 1.54) is 11.8 Å². The van der Waals surface area contributed by atoms with Gasteiger partial charge in [0.15, 0.2) is 0 Å². The van der Waals surface area contributed by atoms with Crippen LogP contribution < -0.4 is 5.32 Å². The number of rotatable bonds is 9. The van der Waals surface area contributed by atoms with Gasteiger partial charge in [-0.05, 0) is 6.42 Å². The molecule has 0 rings (SSSR count). The normalized spacial score (nSPS) is 9.93. The van der Waals surface area contributed by atoms with E-state index in [1.54, 1.807) is 0 Å². The maximum Gasteiger partial charge on any atom is 0.313 e. The summed E-state index contributed by atoms with van der Waals surface area (Å²) < 4.78 is 5.03. The van der Waals surface area contributed by atoms with Gasteiger partial charge in [-0.3, -0.25) is 9.59 Å². The fourth-order valence-electron chi connectivity index (χ4n) is 0.782. The van der Waals surface area contributed by atoms with Crippen LogP contribution in [0.3, 0.4) is 0 Å². The topological polar surface area (TPSA) is 75.6 Å². The van der Waals surface area contributed by atoms with Crippen LogP contribution >= 0.6 is 11.8 Å². The zero-order valence-corrected chi connectivity index (χ0v) is 9.64. The molecule has 0 heterocycles. The van der Waals surface area contributed by atoms with Crippen LogP contribution in [0.1, 0.15) is 13.3 Å². The molecule has 0 aliphatic heterocycles. The molecule has 0 spiro atoms. The highest BCUT2D eigenvalue weighted by Crippen LogP contribution is 1.96. The van der Waals surface area contributed by atoms with Gasteiger partial charge in [0.05, 0.1) is 5.75 Å². The third-order valence-electron chi connectivity index (χ3n) is 1.38. The number of carboxylic acid groups (broad SMARTS) is 1. The van der Waals surface area contributed by atoms with Crippen molar-refractivity contribution < 1.29 is 19.4 Å². The zero-order chi connectivity index (χ0) is 11.5. The van der Waals surface area contributed by atoms with Gasteiger partial charge >= 0.3 is 5.97 Å². The van der Waals surface area contributed by atoms with Crippen LogP contribution in [0.4, 0.5) is 0 Å². The van der Waals surface area contributed by atoms with Gasteiger partial charge in [0.25, 0.3) is 0 Å². The standard InChI is InChI=1S/C9H17NO4S/c1-2-4-14-6-8(11)10-3-5-15-7-9(12)13/h2-7H2,1H3,(H,10,11)(H,12,13). The lowest BCUT2D eigenvalue weighted by molar-refractivity contribution is -0.134. The fraction of sp³-hybridized carbons (Fsp3) is 0.778. The first kappa shape index (κ1) is 14.2. The van der Waals surface area contributed by atoms with E-state index in [1.807, 2.05) is 6.92 Å². The highest BCUT2D eigenvalue weighted by atomic mass is 32.2. The van der Waals surface area contributed by atoms with Crippen molar-refractivity contribution in [1.82, 2.24) is 5.32 Å². The second kappa shape index (κ2) is 9.79. The van der Waals surface area contributed by atoms with Crippen LogP contribution in [0.2, 0.25) is 0 Å². The summed E-state index contributed by atoms with van der Waals surface area (Å²) in [5, 5.41) is 11.0.